The first-order valence-electron chi connectivity index (χ1n) is 11.0. The van der Waals surface area contributed by atoms with Crippen LogP contribution in [0.1, 0.15) is 23.2 Å². The zero-order chi connectivity index (χ0) is 22.3. The molecule has 172 valence electrons. The number of carbonyl (C=O) groups excluding carboxylic acids is 1. The van der Waals surface area contributed by atoms with Gasteiger partial charge in [-0.2, -0.15) is 9.97 Å². The minimum Gasteiger partial charge on any atom is -0.461 e. The first kappa shape index (κ1) is 22.4. The van der Waals surface area contributed by atoms with E-state index >= 15 is 0 Å². The molecule has 0 radical (unpaired) electrons. The number of amides is 1. The van der Waals surface area contributed by atoms with Crippen LogP contribution >= 0.6 is 0 Å². The second-order valence-electron chi connectivity index (χ2n) is 7.91. The zero-order valence-electron chi connectivity index (χ0n) is 18.5. The maximum Gasteiger partial charge on any atom is 0.320 e. The van der Waals surface area contributed by atoms with Gasteiger partial charge in [0.1, 0.15) is 18.2 Å². The average molecular weight is 443 g/mol. The molecule has 0 saturated carbocycles. The van der Waals surface area contributed by atoms with Crippen LogP contribution < -0.4 is 15.4 Å². The van der Waals surface area contributed by atoms with E-state index in [9.17, 15) is 4.79 Å². The lowest BCUT2D eigenvalue weighted by molar-refractivity contribution is -0.117. The summed E-state index contributed by atoms with van der Waals surface area (Å²) >= 11 is 0. The zero-order valence-corrected chi connectivity index (χ0v) is 18.5. The van der Waals surface area contributed by atoms with Crippen molar-refractivity contribution >= 4 is 17.5 Å². The van der Waals surface area contributed by atoms with E-state index in [0.29, 0.717) is 31.1 Å². The highest BCUT2D eigenvalue weighted by molar-refractivity contribution is 6.01. The Kier molecular flexibility index (Phi) is 7.46. The van der Waals surface area contributed by atoms with Crippen LogP contribution in [0.3, 0.4) is 0 Å². The Morgan fingerprint density at radius 2 is 2.03 bits per heavy atom. The molecule has 1 fully saturated rings. The summed E-state index contributed by atoms with van der Waals surface area (Å²) in [6, 6.07) is 4.19. The van der Waals surface area contributed by atoms with Gasteiger partial charge in [-0.05, 0) is 31.0 Å². The highest BCUT2D eigenvalue weighted by atomic mass is 16.5. The number of hydrogen-bond acceptors (Lipinski definition) is 9. The molecule has 10 heteroatoms. The Bertz CT molecular complexity index is 917. The summed E-state index contributed by atoms with van der Waals surface area (Å²) in [5.41, 5.74) is 8.68. The Morgan fingerprint density at radius 1 is 1.19 bits per heavy atom. The maximum atomic E-state index is 12.6. The van der Waals surface area contributed by atoms with Crippen molar-refractivity contribution < 1.29 is 19.0 Å². The van der Waals surface area contributed by atoms with Crippen molar-refractivity contribution in [2.24, 2.45) is 0 Å². The third-order valence-corrected chi connectivity index (χ3v) is 5.64. The highest BCUT2D eigenvalue weighted by Crippen LogP contribution is 2.33. The third-order valence-electron chi connectivity index (χ3n) is 5.64. The number of morpholine rings is 1. The largest absolute Gasteiger partial charge is 0.461 e. The van der Waals surface area contributed by atoms with Crippen molar-refractivity contribution in [1.82, 2.24) is 19.9 Å². The molecular weight excluding hydrogens is 412 g/mol. The molecular formula is C22H30N6O4. The number of ether oxygens (including phenoxy) is 3. The summed E-state index contributed by atoms with van der Waals surface area (Å²) in [5, 5.41) is 0. The number of anilines is 2. The van der Waals surface area contributed by atoms with Gasteiger partial charge in [-0.3, -0.25) is 19.6 Å². The fourth-order valence-electron chi connectivity index (χ4n) is 3.86. The maximum absolute atomic E-state index is 12.6. The lowest BCUT2D eigenvalue weighted by Crippen LogP contribution is -2.36. The predicted octanol–water partition coefficient (Wildman–Crippen LogP) is 0.833. The summed E-state index contributed by atoms with van der Waals surface area (Å²) in [4.78, 5) is 29.8. The Morgan fingerprint density at radius 3 is 2.78 bits per heavy atom. The van der Waals surface area contributed by atoms with Crippen molar-refractivity contribution in [3.05, 3.63) is 35.2 Å². The normalized spacial score (nSPS) is 16.4. The molecule has 0 spiro atoms. The summed E-state index contributed by atoms with van der Waals surface area (Å²) < 4.78 is 15.9. The number of nitrogens with zero attached hydrogens (tertiary/aromatic N) is 5. The van der Waals surface area contributed by atoms with Gasteiger partial charge in [-0.15, -0.1) is 0 Å². The topological polar surface area (TPSA) is 116 Å². The molecule has 4 heterocycles. The van der Waals surface area contributed by atoms with E-state index in [1.807, 2.05) is 18.3 Å². The van der Waals surface area contributed by atoms with Crippen LogP contribution in [0.5, 0.6) is 6.01 Å². The monoisotopic (exact) mass is 442 g/mol. The van der Waals surface area contributed by atoms with Crippen LogP contribution in [0, 0.1) is 0 Å². The van der Waals surface area contributed by atoms with Crippen molar-refractivity contribution in [2.75, 3.05) is 63.8 Å². The van der Waals surface area contributed by atoms with Gasteiger partial charge in [0.15, 0.2) is 0 Å². The number of pyridine rings is 1. The second-order valence-corrected chi connectivity index (χ2v) is 7.91. The van der Waals surface area contributed by atoms with Gasteiger partial charge < -0.3 is 19.9 Å². The molecule has 1 amide bonds. The molecule has 1 saturated heterocycles. The number of fused-ring (bicyclic) bond motifs is 1. The van der Waals surface area contributed by atoms with Crippen LogP contribution in [0.4, 0.5) is 11.6 Å². The van der Waals surface area contributed by atoms with Crippen LogP contribution in [0.25, 0.3) is 0 Å². The SMILES string of the molecule is COCCOc1nc(N)c2c(n1)N(Cc1ccc(CCCN3CCOCC3)nc1)C(=O)C2. The first-order valence-corrected chi connectivity index (χ1v) is 11.0. The summed E-state index contributed by atoms with van der Waals surface area (Å²) in [6.07, 6.45) is 4.00. The Hall–Kier alpha value is -2.82. The van der Waals surface area contributed by atoms with Gasteiger partial charge in [0, 0.05) is 37.7 Å². The molecule has 0 bridgehead atoms. The smallest absolute Gasteiger partial charge is 0.320 e. The number of hydrogen-bond donors (Lipinski definition) is 1. The summed E-state index contributed by atoms with van der Waals surface area (Å²) in [6.45, 7) is 5.80. The molecule has 0 unspecified atom stereocenters. The van der Waals surface area contributed by atoms with Gasteiger partial charge in [0.2, 0.25) is 5.91 Å². The Balaban J connectivity index is 1.36. The molecule has 2 aromatic rings. The van der Waals surface area contributed by atoms with Gasteiger partial charge in [-0.1, -0.05) is 6.07 Å². The van der Waals surface area contributed by atoms with Crippen LogP contribution in [-0.2, 0) is 33.7 Å². The van der Waals surface area contributed by atoms with Crippen molar-refractivity contribution in [3.63, 3.8) is 0 Å². The molecule has 0 atom stereocenters. The molecule has 0 aromatic carbocycles. The quantitative estimate of drug-likeness (QED) is 0.534. The third kappa shape index (κ3) is 5.50. The number of aryl methyl sites for hydroxylation is 1. The fourth-order valence-corrected chi connectivity index (χ4v) is 3.86. The van der Waals surface area contributed by atoms with E-state index in [4.69, 9.17) is 19.9 Å². The number of nitrogens with two attached hydrogens (primary N) is 1. The lowest BCUT2D eigenvalue weighted by Gasteiger charge is -2.26. The molecule has 2 aliphatic rings. The number of nitrogen functional groups attached to an aromatic ring is 1. The van der Waals surface area contributed by atoms with Gasteiger partial charge in [0.25, 0.3) is 0 Å². The van der Waals surface area contributed by atoms with Crippen molar-refractivity contribution in [1.29, 1.82) is 0 Å². The minimum absolute atomic E-state index is 0.0652. The number of methoxy groups -OCH3 is 1. The van der Waals surface area contributed by atoms with E-state index in [0.717, 1.165) is 56.9 Å². The number of carbonyl (C=O) groups is 1. The van der Waals surface area contributed by atoms with E-state index in [-0.39, 0.29) is 24.2 Å². The fraction of sp³-hybridized carbons (Fsp3) is 0.545. The van der Waals surface area contributed by atoms with E-state index in [2.05, 4.69) is 19.9 Å². The van der Waals surface area contributed by atoms with Gasteiger partial charge in [-0.25, -0.2) is 0 Å². The van der Waals surface area contributed by atoms with E-state index in [1.54, 1.807) is 12.0 Å². The molecule has 2 N–H and O–H groups in total. The lowest BCUT2D eigenvalue weighted by atomic mass is 10.1. The molecule has 2 aliphatic heterocycles. The molecule has 2 aromatic heterocycles. The standard InChI is InChI=1S/C22H30N6O4/c1-30-11-12-32-22-25-20(23)18-13-19(29)28(21(18)26-22)15-16-4-5-17(24-14-16)3-2-6-27-7-9-31-10-8-27/h4-5,14H,2-3,6-13,15H2,1H3,(H2,23,25,26). The van der Waals surface area contributed by atoms with Crippen LogP contribution in [0.15, 0.2) is 18.3 Å². The summed E-state index contributed by atoms with van der Waals surface area (Å²) in [7, 11) is 1.59. The molecule has 10 nitrogen and oxygen atoms in total. The highest BCUT2D eigenvalue weighted by Gasteiger charge is 2.32. The minimum atomic E-state index is -0.0652. The van der Waals surface area contributed by atoms with Crippen molar-refractivity contribution in [2.45, 2.75) is 25.8 Å². The Labute approximate surface area is 187 Å². The van der Waals surface area contributed by atoms with Crippen molar-refractivity contribution in [3.8, 4) is 6.01 Å². The van der Waals surface area contributed by atoms with E-state index in [1.165, 1.54) is 0 Å². The second kappa shape index (κ2) is 10.7. The van der Waals surface area contributed by atoms with Crippen LogP contribution in [-0.4, -0.2) is 78.9 Å². The number of aromatic nitrogens is 3. The first-order chi connectivity index (χ1) is 15.6. The predicted molar refractivity (Wildman–Crippen MR) is 119 cm³/mol. The van der Waals surface area contributed by atoms with E-state index < -0.39 is 0 Å². The molecule has 32 heavy (non-hydrogen) atoms. The summed E-state index contributed by atoms with van der Waals surface area (Å²) in [5.74, 6) is 0.709. The van der Waals surface area contributed by atoms with Crippen LogP contribution in [0.2, 0.25) is 0 Å². The average Bonchev–Trinajstić information content (AvgIpc) is 3.12. The number of rotatable bonds is 10. The molecule has 0 aliphatic carbocycles. The van der Waals surface area contributed by atoms with Gasteiger partial charge in [0.05, 0.1) is 32.8 Å². The molecule has 4 rings (SSSR count). The van der Waals surface area contributed by atoms with Gasteiger partial charge >= 0.3 is 6.01 Å².